The molecule has 0 bridgehead atoms. The average Bonchev–Trinajstić information content (AvgIpc) is 2.99. The standard InChI is InChI=1S/C18H10F2O4S/c1-3-13(21)23-11-7-5-9-10-6-8-12(24-14(22)4-2)16(20)18(10)25-17(9)15(11)19/h3-8H,1-2H2. The number of hydrogen-bond acceptors (Lipinski definition) is 5. The molecule has 3 aromatic rings. The number of hydrogen-bond donors (Lipinski definition) is 0. The highest BCUT2D eigenvalue weighted by molar-refractivity contribution is 7.25. The average molecular weight is 360 g/mol. The molecule has 0 aliphatic carbocycles. The number of halogens is 2. The number of rotatable bonds is 4. The molecule has 4 nitrogen and oxygen atoms in total. The van der Waals surface area contributed by atoms with E-state index in [1.807, 2.05) is 0 Å². The minimum atomic E-state index is -0.802. The van der Waals surface area contributed by atoms with E-state index in [0.29, 0.717) is 10.8 Å². The fourth-order valence-electron chi connectivity index (χ4n) is 2.26. The van der Waals surface area contributed by atoms with Gasteiger partial charge in [0.1, 0.15) is 0 Å². The molecule has 7 heteroatoms. The highest BCUT2D eigenvalue weighted by atomic mass is 32.1. The Bertz CT molecular complexity index is 970. The zero-order valence-corrected chi connectivity index (χ0v) is 13.5. The lowest BCUT2D eigenvalue weighted by atomic mass is 10.1. The zero-order chi connectivity index (χ0) is 18.1. The molecule has 0 fully saturated rings. The minimum Gasteiger partial charge on any atom is -0.420 e. The summed E-state index contributed by atoms with van der Waals surface area (Å²) in [5, 5.41) is 0.910. The van der Waals surface area contributed by atoms with Crippen LogP contribution in [0.4, 0.5) is 8.78 Å². The molecule has 0 saturated heterocycles. The maximum absolute atomic E-state index is 14.6. The van der Waals surface area contributed by atoms with Crippen LogP contribution in [0.3, 0.4) is 0 Å². The smallest absolute Gasteiger partial charge is 0.335 e. The van der Waals surface area contributed by atoms with Crippen molar-refractivity contribution in [3.63, 3.8) is 0 Å². The molecule has 0 saturated carbocycles. The topological polar surface area (TPSA) is 52.6 Å². The van der Waals surface area contributed by atoms with Crippen molar-refractivity contribution < 1.29 is 27.8 Å². The molecule has 1 heterocycles. The molecule has 3 rings (SSSR count). The summed E-state index contributed by atoms with van der Waals surface area (Å²) in [7, 11) is 0. The third-order valence-corrected chi connectivity index (χ3v) is 4.58. The van der Waals surface area contributed by atoms with Crippen molar-refractivity contribution in [3.05, 3.63) is 61.2 Å². The van der Waals surface area contributed by atoms with E-state index < -0.39 is 23.6 Å². The molecule has 0 radical (unpaired) electrons. The van der Waals surface area contributed by atoms with Crippen LogP contribution in [0, 0.1) is 11.6 Å². The molecule has 0 amide bonds. The summed E-state index contributed by atoms with van der Waals surface area (Å²) >= 11 is 0.828. The van der Waals surface area contributed by atoms with Gasteiger partial charge in [0.05, 0.1) is 9.40 Å². The first kappa shape index (κ1) is 16.8. The molecule has 0 N–H and O–H groups in total. The second kappa shape index (κ2) is 6.45. The van der Waals surface area contributed by atoms with E-state index >= 15 is 0 Å². The Morgan fingerprint density at radius 1 is 0.840 bits per heavy atom. The number of fused-ring (bicyclic) bond motifs is 3. The quantitative estimate of drug-likeness (QED) is 0.390. The lowest BCUT2D eigenvalue weighted by Gasteiger charge is -2.04. The van der Waals surface area contributed by atoms with Crippen LogP contribution in [-0.4, -0.2) is 11.9 Å². The van der Waals surface area contributed by atoms with Gasteiger partial charge in [0.25, 0.3) is 0 Å². The summed E-state index contributed by atoms with van der Waals surface area (Å²) in [6, 6.07) is 5.62. The molecule has 0 aliphatic heterocycles. The lowest BCUT2D eigenvalue weighted by Crippen LogP contribution is -2.04. The second-order valence-electron chi connectivity index (χ2n) is 4.86. The van der Waals surface area contributed by atoms with Gasteiger partial charge in [-0.25, -0.2) is 18.4 Å². The fourth-order valence-corrected chi connectivity index (χ4v) is 3.42. The second-order valence-corrected chi connectivity index (χ2v) is 5.88. The van der Waals surface area contributed by atoms with E-state index in [-0.39, 0.29) is 20.9 Å². The van der Waals surface area contributed by atoms with Crippen LogP contribution < -0.4 is 9.47 Å². The Morgan fingerprint density at radius 2 is 1.24 bits per heavy atom. The van der Waals surface area contributed by atoms with Crippen LogP contribution >= 0.6 is 11.3 Å². The van der Waals surface area contributed by atoms with Crippen molar-refractivity contribution >= 4 is 43.4 Å². The molecular weight excluding hydrogens is 350 g/mol. The van der Waals surface area contributed by atoms with Gasteiger partial charge in [-0.2, -0.15) is 0 Å². The molecule has 0 spiro atoms. The van der Waals surface area contributed by atoms with Crippen LogP contribution in [-0.2, 0) is 9.59 Å². The van der Waals surface area contributed by atoms with Crippen molar-refractivity contribution in [2.45, 2.75) is 0 Å². The van der Waals surface area contributed by atoms with Gasteiger partial charge in [-0.05, 0) is 24.3 Å². The number of ether oxygens (including phenoxy) is 2. The summed E-state index contributed by atoms with van der Waals surface area (Å²) < 4.78 is 39.0. The predicted molar refractivity (Wildman–Crippen MR) is 90.9 cm³/mol. The first-order valence-electron chi connectivity index (χ1n) is 6.98. The van der Waals surface area contributed by atoms with Gasteiger partial charge in [0.2, 0.25) is 0 Å². The van der Waals surface area contributed by atoms with Crippen molar-refractivity contribution in [2.24, 2.45) is 0 Å². The zero-order valence-electron chi connectivity index (χ0n) is 12.7. The summed E-state index contributed by atoms with van der Waals surface area (Å²) in [5.74, 6) is -3.71. The van der Waals surface area contributed by atoms with Crippen LogP contribution in [0.25, 0.3) is 20.2 Å². The third kappa shape index (κ3) is 2.89. The summed E-state index contributed by atoms with van der Waals surface area (Å²) in [6.45, 7) is 6.49. The van der Waals surface area contributed by atoms with Gasteiger partial charge < -0.3 is 9.47 Å². The molecule has 1 aromatic heterocycles. The number of carbonyl (C=O) groups is 2. The SMILES string of the molecule is C=CC(=O)Oc1ccc2c(sc3c(F)c(OC(=O)C=C)ccc32)c1F. The van der Waals surface area contributed by atoms with Crippen LogP contribution in [0.5, 0.6) is 11.5 Å². The Labute approximate surface area is 144 Å². The van der Waals surface area contributed by atoms with Crippen molar-refractivity contribution in [3.8, 4) is 11.5 Å². The molecule has 126 valence electrons. The van der Waals surface area contributed by atoms with Crippen LogP contribution in [0.1, 0.15) is 0 Å². The number of benzene rings is 2. The van der Waals surface area contributed by atoms with E-state index in [1.54, 1.807) is 0 Å². The monoisotopic (exact) mass is 360 g/mol. The maximum atomic E-state index is 14.6. The first-order chi connectivity index (χ1) is 12.0. The molecule has 0 atom stereocenters. The number of esters is 2. The summed E-state index contributed by atoms with van der Waals surface area (Å²) in [5.41, 5.74) is 0. The van der Waals surface area contributed by atoms with Crippen LogP contribution in [0.15, 0.2) is 49.6 Å². The third-order valence-electron chi connectivity index (χ3n) is 3.37. The van der Waals surface area contributed by atoms with Crippen molar-refractivity contribution in [1.82, 2.24) is 0 Å². The predicted octanol–water partition coefficient (Wildman–Crippen LogP) is 4.52. The van der Waals surface area contributed by atoms with Crippen molar-refractivity contribution in [2.75, 3.05) is 0 Å². The van der Waals surface area contributed by atoms with Gasteiger partial charge in [0, 0.05) is 22.9 Å². The van der Waals surface area contributed by atoms with E-state index in [1.165, 1.54) is 24.3 Å². The molecular formula is C18H10F2O4S. The minimum absolute atomic E-state index is 0.121. The maximum Gasteiger partial charge on any atom is 0.335 e. The number of carbonyl (C=O) groups excluding carboxylic acids is 2. The lowest BCUT2D eigenvalue weighted by molar-refractivity contribution is -0.130. The fraction of sp³-hybridized carbons (Fsp3) is 0. The molecule has 2 aromatic carbocycles. The number of thiophene rings is 1. The normalized spacial score (nSPS) is 10.6. The van der Waals surface area contributed by atoms with Gasteiger partial charge in [-0.1, -0.05) is 13.2 Å². The highest BCUT2D eigenvalue weighted by Gasteiger charge is 2.19. The van der Waals surface area contributed by atoms with E-state index in [0.717, 1.165) is 23.5 Å². The van der Waals surface area contributed by atoms with Gasteiger partial charge in [-0.15, -0.1) is 11.3 Å². The van der Waals surface area contributed by atoms with E-state index in [4.69, 9.17) is 9.47 Å². The largest absolute Gasteiger partial charge is 0.420 e. The molecule has 0 aliphatic rings. The Morgan fingerprint density at radius 3 is 1.60 bits per heavy atom. The van der Waals surface area contributed by atoms with Gasteiger partial charge >= 0.3 is 11.9 Å². The van der Waals surface area contributed by atoms with E-state index in [2.05, 4.69) is 13.2 Å². The van der Waals surface area contributed by atoms with Crippen LogP contribution in [0.2, 0.25) is 0 Å². The van der Waals surface area contributed by atoms with Gasteiger partial charge in [-0.3, -0.25) is 0 Å². The molecule has 25 heavy (non-hydrogen) atoms. The highest BCUT2D eigenvalue weighted by Crippen LogP contribution is 2.41. The van der Waals surface area contributed by atoms with Crippen molar-refractivity contribution in [1.29, 1.82) is 0 Å². The Balaban J connectivity index is 2.18. The van der Waals surface area contributed by atoms with E-state index in [9.17, 15) is 18.4 Å². The Hall–Kier alpha value is -3.06. The first-order valence-corrected chi connectivity index (χ1v) is 7.79. The molecule has 0 unspecified atom stereocenters. The Kier molecular flexibility index (Phi) is 4.33. The van der Waals surface area contributed by atoms with Gasteiger partial charge in [0.15, 0.2) is 23.1 Å². The summed E-state index contributed by atoms with van der Waals surface area (Å²) in [4.78, 5) is 22.5. The summed E-state index contributed by atoms with van der Waals surface area (Å²) in [6.07, 6.45) is 1.82.